The Morgan fingerprint density at radius 3 is 2.70 bits per heavy atom. The average Bonchev–Trinajstić information content (AvgIpc) is 2.96. The van der Waals surface area contributed by atoms with Crippen LogP contribution in [0.4, 0.5) is 0 Å². The maximum Gasteiger partial charge on any atom is 0.248 e. The Balaban J connectivity index is 1.92. The van der Waals surface area contributed by atoms with E-state index >= 15 is 0 Å². The molecule has 3 aromatic rings. The van der Waals surface area contributed by atoms with Gasteiger partial charge in [0.1, 0.15) is 17.0 Å². The van der Waals surface area contributed by atoms with Gasteiger partial charge in [-0.2, -0.15) is 0 Å². The van der Waals surface area contributed by atoms with Crippen molar-refractivity contribution in [3.63, 3.8) is 0 Å². The molecule has 0 fully saturated rings. The highest BCUT2D eigenvalue weighted by Gasteiger charge is 2.13. The van der Waals surface area contributed by atoms with Gasteiger partial charge >= 0.3 is 0 Å². The van der Waals surface area contributed by atoms with Crippen molar-refractivity contribution in [2.45, 2.75) is 13.0 Å². The maximum atomic E-state index is 11.4. The van der Waals surface area contributed by atoms with Gasteiger partial charge in [-0.05, 0) is 36.2 Å². The third kappa shape index (κ3) is 2.96. The standard InChI is InChI=1S/C17H17N3O3/c1-23-15-9-12(17(18)22)8-14-16(15)20(10-19-14)7-6-11-2-4-13(21)5-3-11/h2-5,8-10,21H,6-7H2,1H3,(H2,18,22). The summed E-state index contributed by atoms with van der Waals surface area (Å²) in [6.07, 6.45) is 2.50. The van der Waals surface area contributed by atoms with Crippen molar-refractivity contribution >= 4 is 16.9 Å². The second-order valence-electron chi connectivity index (χ2n) is 5.26. The molecule has 0 aliphatic rings. The zero-order valence-electron chi connectivity index (χ0n) is 12.7. The molecular weight excluding hydrogens is 294 g/mol. The average molecular weight is 311 g/mol. The van der Waals surface area contributed by atoms with Gasteiger partial charge in [0.2, 0.25) is 5.91 Å². The Labute approximate surface area is 133 Å². The van der Waals surface area contributed by atoms with Gasteiger partial charge in [-0.15, -0.1) is 0 Å². The van der Waals surface area contributed by atoms with E-state index in [4.69, 9.17) is 10.5 Å². The molecule has 0 radical (unpaired) electrons. The Morgan fingerprint density at radius 2 is 2.04 bits per heavy atom. The zero-order chi connectivity index (χ0) is 16.4. The van der Waals surface area contributed by atoms with Crippen LogP contribution in [0.2, 0.25) is 0 Å². The number of carbonyl (C=O) groups excluding carboxylic acids is 1. The van der Waals surface area contributed by atoms with E-state index in [-0.39, 0.29) is 5.75 Å². The fourth-order valence-corrected chi connectivity index (χ4v) is 2.55. The Bertz CT molecular complexity index is 853. The van der Waals surface area contributed by atoms with Crippen molar-refractivity contribution in [3.8, 4) is 11.5 Å². The van der Waals surface area contributed by atoms with Gasteiger partial charge in [0, 0.05) is 12.1 Å². The van der Waals surface area contributed by atoms with E-state index in [2.05, 4.69) is 4.98 Å². The van der Waals surface area contributed by atoms with Crippen molar-refractivity contribution in [3.05, 3.63) is 53.9 Å². The monoisotopic (exact) mass is 311 g/mol. The van der Waals surface area contributed by atoms with Crippen molar-refractivity contribution in [1.29, 1.82) is 0 Å². The van der Waals surface area contributed by atoms with Crippen molar-refractivity contribution in [2.24, 2.45) is 5.73 Å². The van der Waals surface area contributed by atoms with Gasteiger partial charge in [-0.3, -0.25) is 4.79 Å². The van der Waals surface area contributed by atoms with Crippen LogP contribution in [0.25, 0.3) is 11.0 Å². The number of hydrogen-bond donors (Lipinski definition) is 2. The number of rotatable bonds is 5. The van der Waals surface area contributed by atoms with Crippen LogP contribution in [-0.4, -0.2) is 27.7 Å². The van der Waals surface area contributed by atoms with Crippen molar-refractivity contribution in [2.75, 3.05) is 7.11 Å². The summed E-state index contributed by atoms with van der Waals surface area (Å²) in [6.45, 7) is 0.702. The number of aromatic hydroxyl groups is 1. The second kappa shape index (κ2) is 6.00. The molecule has 0 bridgehead atoms. The quantitative estimate of drug-likeness (QED) is 0.755. The first-order valence-electron chi connectivity index (χ1n) is 7.19. The minimum Gasteiger partial charge on any atom is -0.508 e. The van der Waals surface area contributed by atoms with Crippen LogP contribution >= 0.6 is 0 Å². The van der Waals surface area contributed by atoms with Gasteiger partial charge in [0.25, 0.3) is 0 Å². The van der Waals surface area contributed by atoms with Gasteiger partial charge < -0.3 is 20.1 Å². The number of primary amides is 1. The highest BCUT2D eigenvalue weighted by Crippen LogP contribution is 2.27. The molecule has 6 heteroatoms. The lowest BCUT2D eigenvalue weighted by atomic mass is 10.1. The first-order valence-corrected chi connectivity index (χ1v) is 7.19. The lowest BCUT2D eigenvalue weighted by Gasteiger charge is -2.09. The molecule has 0 saturated heterocycles. The predicted molar refractivity (Wildman–Crippen MR) is 86.6 cm³/mol. The summed E-state index contributed by atoms with van der Waals surface area (Å²) < 4.78 is 7.36. The van der Waals surface area contributed by atoms with Gasteiger partial charge in [0.15, 0.2) is 0 Å². The number of carbonyl (C=O) groups is 1. The van der Waals surface area contributed by atoms with Gasteiger partial charge in [0.05, 0.1) is 19.0 Å². The molecule has 0 atom stereocenters. The zero-order valence-corrected chi connectivity index (χ0v) is 12.7. The molecule has 0 aliphatic heterocycles. The van der Waals surface area contributed by atoms with Crippen LogP contribution in [0.1, 0.15) is 15.9 Å². The number of aryl methyl sites for hydroxylation is 2. The number of hydrogen-bond acceptors (Lipinski definition) is 4. The number of phenols is 1. The summed E-state index contributed by atoms with van der Waals surface area (Å²) in [5.41, 5.74) is 8.31. The number of ether oxygens (including phenoxy) is 1. The van der Waals surface area contributed by atoms with Crippen LogP contribution in [0.3, 0.4) is 0 Å². The molecule has 1 aromatic heterocycles. The summed E-state index contributed by atoms with van der Waals surface area (Å²) in [6, 6.07) is 10.4. The summed E-state index contributed by atoms with van der Waals surface area (Å²) in [7, 11) is 1.55. The molecule has 2 aromatic carbocycles. The molecule has 0 unspecified atom stereocenters. The number of nitrogens with zero attached hydrogens (tertiary/aromatic N) is 2. The van der Waals surface area contributed by atoms with E-state index in [9.17, 15) is 9.90 Å². The Morgan fingerprint density at radius 1 is 1.30 bits per heavy atom. The summed E-state index contributed by atoms with van der Waals surface area (Å²) in [4.78, 5) is 15.7. The number of imidazole rings is 1. The number of phenolic OH excluding ortho intramolecular Hbond substituents is 1. The highest BCUT2D eigenvalue weighted by molar-refractivity contribution is 5.98. The molecule has 3 N–H and O–H groups in total. The Kier molecular flexibility index (Phi) is 3.89. The maximum absolute atomic E-state index is 11.4. The number of nitrogens with two attached hydrogens (primary N) is 1. The van der Waals surface area contributed by atoms with E-state index in [1.54, 1.807) is 37.7 Å². The molecule has 3 rings (SSSR count). The first-order chi connectivity index (χ1) is 11.1. The third-order valence-corrected chi connectivity index (χ3v) is 3.76. The van der Waals surface area contributed by atoms with E-state index in [0.29, 0.717) is 23.4 Å². The number of aromatic nitrogens is 2. The fraction of sp³-hybridized carbons (Fsp3) is 0.176. The van der Waals surface area contributed by atoms with Crippen molar-refractivity contribution in [1.82, 2.24) is 9.55 Å². The second-order valence-corrected chi connectivity index (χ2v) is 5.26. The van der Waals surface area contributed by atoms with Crippen LogP contribution in [0, 0.1) is 0 Å². The lowest BCUT2D eigenvalue weighted by Crippen LogP contribution is -2.11. The van der Waals surface area contributed by atoms with E-state index in [0.717, 1.165) is 17.5 Å². The molecule has 118 valence electrons. The summed E-state index contributed by atoms with van der Waals surface area (Å²) >= 11 is 0. The van der Waals surface area contributed by atoms with Crippen LogP contribution in [0.15, 0.2) is 42.7 Å². The predicted octanol–water partition coefficient (Wildman–Crippen LogP) is 2.09. The van der Waals surface area contributed by atoms with Crippen LogP contribution in [-0.2, 0) is 13.0 Å². The molecule has 0 aliphatic carbocycles. The molecule has 0 saturated carbocycles. The number of amides is 1. The minimum absolute atomic E-state index is 0.252. The number of benzene rings is 2. The molecule has 1 amide bonds. The highest BCUT2D eigenvalue weighted by atomic mass is 16.5. The molecule has 23 heavy (non-hydrogen) atoms. The van der Waals surface area contributed by atoms with Crippen LogP contribution < -0.4 is 10.5 Å². The van der Waals surface area contributed by atoms with Crippen LogP contribution in [0.5, 0.6) is 11.5 Å². The largest absolute Gasteiger partial charge is 0.508 e. The molecule has 6 nitrogen and oxygen atoms in total. The molecular formula is C17H17N3O3. The number of methoxy groups -OCH3 is 1. The number of fused-ring (bicyclic) bond motifs is 1. The lowest BCUT2D eigenvalue weighted by molar-refractivity contribution is 0.1000. The van der Waals surface area contributed by atoms with Crippen molar-refractivity contribution < 1.29 is 14.6 Å². The summed E-state index contributed by atoms with van der Waals surface area (Å²) in [5.74, 6) is 0.311. The third-order valence-electron chi connectivity index (χ3n) is 3.76. The Hall–Kier alpha value is -3.02. The van der Waals surface area contributed by atoms with E-state index < -0.39 is 5.91 Å². The smallest absolute Gasteiger partial charge is 0.248 e. The van der Waals surface area contributed by atoms with E-state index in [1.165, 1.54) is 0 Å². The topological polar surface area (TPSA) is 90.4 Å². The van der Waals surface area contributed by atoms with Gasteiger partial charge in [-0.1, -0.05) is 12.1 Å². The summed E-state index contributed by atoms with van der Waals surface area (Å²) in [5, 5.41) is 9.32. The molecule has 0 spiro atoms. The molecule has 1 heterocycles. The minimum atomic E-state index is -0.510. The SMILES string of the molecule is COc1cc(C(N)=O)cc2ncn(CCc3ccc(O)cc3)c12. The van der Waals surface area contributed by atoms with E-state index in [1.807, 2.05) is 16.7 Å². The first kappa shape index (κ1) is 14.9. The van der Waals surface area contributed by atoms with Gasteiger partial charge in [-0.25, -0.2) is 4.98 Å². The normalized spacial score (nSPS) is 10.8. The fourth-order valence-electron chi connectivity index (χ4n) is 2.55.